The molecule has 1 aromatic heterocycles. The number of ether oxygens (including phenoxy) is 1. The average Bonchev–Trinajstić information content (AvgIpc) is 2.45. The fourth-order valence-electron chi connectivity index (χ4n) is 1.93. The first-order chi connectivity index (χ1) is 9.26. The molecule has 6 heteroatoms. The molecule has 0 radical (unpaired) electrons. The lowest BCUT2D eigenvalue weighted by molar-refractivity contribution is 0.216. The molecular formula is C13H25N5O. The average molecular weight is 267 g/mol. The van der Waals surface area contributed by atoms with E-state index in [9.17, 15) is 0 Å². The second-order valence-electron chi connectivity index (χ2n) is 4.28. The number of rotatable bonds is 9. The summed E-state index contributed by atoms with van der Waals surface area (Å²) in [6.07, 6.45) is 3.32. The first-order valence-corrected chi connectivity index (χ1v) is 6.92. The van der Waals surface area contributed by atoms with Crippen LogP contribution in [0.1, 0.15) is 32.8 Å². The highest BCUT2D eigenvalue weighted by molar-refractivity contribution is 5.47. The van der Waals surface area contributed by atoms with Crippen molar-refractivity contribution in [2.45, 2.75) is 33.6 Å². The van der Waals surface area contributed by atoms with Crippen molar-refractivity contribution in [3.8, 4) is 5.88 Å². The number of hydrazine groups is 1. The Morgan fingerprint density at radius 2 is 2.00 bits per heavy atom. The topological polar surface area (TPSA) is 76.3 Å². The standard InChI is InChI=1S/C13H25N5O/c1-4-7-11-12(17-14)15-10-16-13(11)19-9-8-18(5-2)6-3/h10H,4-9,14H2,1-3H3,(H,15,16,17). The second kappa shape index (κ2) is 8.66. The predicted octanol–water partition coefficient (Wildman–Crippen LogP) is 1.44. The van der Waals surface area contributed by atoms with Crippen LogP contribution in [0.5, 0.6) is 5.88 Å². The first-order valence-electron chi connectivity index (χ1n) is 6.92. The second-order valence-corrected chi connectivity index (χ2v) is 4.28. The van der Waals surface area contributed by atoms with Crippen LogP contribution >= 0.6 is 0 Å². The smallest absolute Gasteiger partial charge is 0.221 e. The normalized spacial score (nSPS) is 10.8. The molecule has 6 nitrogen and oxygen atoms in total. The minimum Gasteiger partial charge on any atom is -0.476 e. The van der Waals surface area contributed by atoms with E-state index in [4.69, 9.17) is 10.6 Å². The summed E-state index contributed by atoms with van der Waals surface area (Å²) >= 11 is 0. The largest absolute Gasteiger partial charge is 0.476 e. The van der Waals surface area contributed by atoms with Gasteiger partial charge in [0.1, 0.15) is 18.8 Å². The molecule has 0 aromatic carbocycles. The summed E-state index contributed by atoms with van der Waals surface area (Å²) in [5.41, 5.74) is 3.55. The van der Waals surface area contributed by atoms with Crippen molar-refractivity contribution < 1.29 is 4.74 Å². The quantitative estimate of drug-likeness (QED) is 0.521. The summed E-state index contributed by atoms with van der Waals surface area (Å²) in [5, 5.41) is 0. The van der Waals surface area contributed by atoms with E-state index in [1.54, 1.807) is 0 Å². The van der Waals surface area contributed by atoms with Gasteiger partial charge in [-0.15, -0.1) is 0 Å². The molecule has 0 aliphatic heterocycles. The molecular weight excluding hydrogens is 242 g/mol. The molecule has 0 spiro atoms. The first kappa shape index (κ1) is 15.7. The maximum atomic E-state index is 5.78. The Bertz CT molecular complexity index is 368. The molecule has 19 heavy (non-hydrogen) atoms. The Labute approximate surface area is 115 Å². The Kier molecular flexibility index (Phi) is 7.14. The monoisotopic (exact) mass is 267 g/mol. The molecule has 1 heterocycles. The summed E-state index contributed by atoms with van der Waals surface area (Å²) in [6, 6.07) is 0. The zero-order valence-corrected chi connectivity index (χ0v) is 12.1. The molecule has 0 bridgehead atoms. The Morgan fingerprint density at radius 1 is 1.26 bits per heavy atom. The van der Waals surface area contributed by atoms with Gasteiger partial charge in [-0.1, -0.05) is 27.2 Å². The van der Waals surface area contributed by atoms with Crippen LogP contribution in [-0.2, 0) is 6.42 Å². The van der Waals surface area contributed by atoms with Crippen molar-refractivity contribution in [2.75, 3.05) is 31.7 Å². The minimum absolute atomic E-state index is 0.624. The van der Waals surface area contributed by atoms with Crippen LogP contribution in [0.3, 0.4) is 0 Å². The number of hydrogen-bond acceptors (Lipinski definition) is 6. The van der Waals surface area contributed by atoms with Gasteiger partial charge in [-0.2, -0.15) is 0 Å². The molecule has 3 N–H and O–H groups in total. The maximum Gasteiger partial charge on any atom is 0.221 e. The Hall–Kier alpha value is -1.40. The van der Waals surface area contributed by atoms with Crippen molar-refractivity contribution in [1.82, 2.24) is 14.9 Å². The third kappa shape index (κ3) is 4.65. The number of aromatic nitrogens is 2. The molecule has 0 atom stereocenters. The molecule has 0 fully saturated rings. The lowest BCUT2D eigenvalue weighted by Gasteiger charge is -2.18. The van der Waals surface area contributed by atoms with Crippen LogP contribution in [-0.4, -0.2) is 41.1 Å². The molecule has 0 amide bonds. The van der Waals surface area contributed by atoms with Crippen LogP contribution < -0.4 is 16.0 Å². The molecule has 0 saturated carbocycles. The van der Waals surface area contributed by atoms with Gasteiger partial charge < -0.3 is 15.1 Å². The van der Waals surface area contributed by atoms with Crippen molar-refractivity contribution in [2.24, 2.45) is 5.84 Å². The molecule has 1 aromatic rings. The summed E-state index contributed by atoms with van der Waals surface area (Å²) in [4.78, 5) is 10.6. The van der Waals surface area contributed by atoms with Gasteiger partial charge in [0.05, 0.1) is 5.56 Å². The van der Waals surface area contributed by atoms with Gasteiger partial charge in [0.2, 0.25) is 5.88 Å². The summed E-state index contributed by atoms with van der Waals surface area (Å²) in [7, 11) is 0. The van der Waals surface area contributed by atoms with E-state index in [1.807, 2.05) is 0 Å². The zero-order chi connectivity index (χ0) is 14.1. The fraction of sp³-hybridized carbons (Fsp3) is 0.692. The van der Waals surface area contributed by atoms with Crippen molar-refractivity contribution in [3.05, 3.63) is 11.9 Å². The summed E-state index contributed by atoms with van der Waals surface area (Å²) < 4.78 is 5.78. The number of nitrogens with one attached hydrogen (secondary N) is 1. The summed E-state index contributed by atoms with van der Waals surface area (Å²) in [6.45, 7) is 9.97. The van der Waals surface area contributed by atoms with E-state index in [-0.39, 0.29) is 0 Å². The zero-order valence-electron chi connectivity index (χ0n) is 12.1. The van der Waals surface area contributed by atoms with Gasteiger partial charge >= 0.3 is 0 Å². The molecule has 1 rings (SSSR count). The van der Waals surface area contributed by atoms with E-state index < -0.39 is 0 Å². The van der Waals surface area contributed by atoms with E-state index in [0.717, 1.165) is 38.0 Å². The van der Waals surface area contributed by atoms with Gasteiger partial charge in [-0.3, -0.25) is 0 Å². The minimum atomic E-state index is 0.624. The van der Waals surface area contributed by atoms with Gasteiger partial charge in [-0.05, 0) is 19.5 Å². The van der Waals surface area contributed by atoms with Gasteiger partial charge in [0.25, 0.3) is 0 Å². The molecule has 108 valence electrons. The van der Waals surface area contributed by atoms with Crippen LogP contribution in [0.4, 0.5) is 5.82 Å². The number of nitrogens with zero attached hydrogens (tertiary/aromatic N) is 3. The molecule has 0 aliphatic carbocycles. The molecule has 0 saturated heterocycles. The SMILES string of the molecule is CCCc1c(NN)ncnc1OCCN(CC)CC. The van der Waals surface area contributed by atoms with Gasteiger partial charge in [0.15, 0.2) is 0 Å². The molecule has 0 unspecified atom stereocenters. The third-order valence-corrected chi connectivity index (χ3v) is 3.08. The highest BCUT2D eigenvalue weighted by Crippen LogP contribution is 2.22. The van der Waals surface area contributed by atoms with E-state index >= 15 is 0 Å². The number of nitrogen functional groups attached to an aromatic ring is 1. The van der Waals surface area contributed by atoms with Gasteiger partial charge in [-0.25, -0.2) is 15.8 Å². The van der Waals surface area contributed by atoms with Crippen molar-refractivity contribution in [3.63, 3.8) is 0 Å². The lowest BCUT2D eigenvalue weighted by atomic mass is 10.2. The Morgan fingerprint density at radius 3 is 2.58 bits per heavy atom. The Balaban J connectivity index is 2.66. The van der Waals surface area contributed by atoms with Crippen molar-refractivity contribution >= 4 is 5.82 Å². The molecule has 0 aliphatic rings. The number of likely N-dealkylation sites (N-methyl/N-ethyl adjacent to an activating group) is 1. The van der Waals surface area contributed by atoms with Gasteiger partial charge in [0, 0.05) is 6.54 Å². The summed E-state index contributed by atoms with van der Waals surface area (Å²) in [5.74, 6) is 6.75. The number of anilines is 1. The van der Waals surface area contributed by atoms with Crippen molar-refractivity contribution in [1.29, 1.82) is 0 Å². The lowest BCUT2D eigenvalue weighted by Crippen LogP contribution is -2.28. The van der Waals surface area contributed by atoms with E-state index in [2.05, 4.69) is 41.1 Å². The highest BCUT2D eigenvalue weighted by Gasteiger charge is 2.11. The van der Waals surface area contributed by atoms with E-state index in [0.29, 0.717) is 18.3 Å². The third-order valence-electron chi connectivity index (χ3n) is 3.08. The van der Waals surface area contributed by atoms with Crippen LogP contribution in [0.15, 0.2) is 6.33 Å². The van der Waals surface area contributed by atoms with E-state index in [1.165, 1.54) is 6.33 Å². The number of hydrogen-bond donors (Lipinski definition) is 2. The maximum absolute atomic E-state index is 5.78. The highest BCUT2D eigenvalue weighted by atomic mass is 16.5. The van der Waals surface area contributed by atoms with Crippen LogP contribution in [0, 0.1) is 0 Å². The van der Waals surface area contributed by atoms with Crippen LogP contribution in [0.2, 0.25) is 0 Å². The predicted molar refractivity (Wildman–Crippen MR) is 77.1 cm³/mol. The van der Waals surface area contributed by atoms with Crippen LogP contribution in [0.25, 0.3) is 0 Å². The fourth-order valence-corrected chi connectivity index (χ4v) is 1.93. The number of nitrogens with two attached hydrogens (primary N) is 1.